The lowest BCUT2D eigenvalue weighted by molar-refractivity contribution is 0.412. The van der Waals surface area contributed by atoms with Crippen molar-refractivity contribution in [2.24, 2.45) is 0 Å². The Kier molecular flexibility index (Phi) is 3.66. The van der Waals surface area contributed by atoms with E-state index in [9.17, 15) is 0 Å². The summed E-state index contributed by atoms with van der Waals surface area (Å²) in [7, 11) is 0. The molecular formula is C12H17N5O. The Morgan fingerprint density at radius 1 is 1.22 bits per heavy atom. The minimum atomic E-state index is 0.0951. The van der Waals surface area contributed by atoms with Gasteiger partial charge in [0.2, 0.25) is 11.8 Å². The molecule has 0 spiro atoms. The Morgan fingerprint density at radius 3 is 2.72 bits per heavy atom. The van der Waals surface area contributed by atoms with Crippen LogP contribution in [-0.4, -0.2) is 32.5 Å². The highest BCUT2D eigenvalue weighted by atomic mass is 16.4. The molecule has 0 aliphatic heterocycles. The number of hydrogen-bond donors (Lipinski definition) is 1. The van der Waals surface area contributed by atoms with Gasteiger partial charge in [-0.1, -0.05) is 0 Å². The molecule has 0 saturated carbocycles. The van der Waals surface area contributed by atoms with Crippen LogP contribution in [0, 0.1) is 0 Å². The summed E-state index contributed by atoms with van der Waals surface area (Å²) in [4.78, 5) is 0. The van der Waals surface area contributed by atoms with Gasteiger partial charge in [0.1, 0.15) is 0 Å². The SMILES string of the molecule is CC(C)(C)NCCc1nnc(-c2ccnnc2)o1. The molecule has 0 bridgehead atoms. The lowest BCUT2D eigenvalue weighted by Gasteiger charge is -2.19. The van der Waals surface area contributed by atoms with Crippen molar-refractivity contribution >= 4 is 0 Å². The zero-order chi connectivity index (χ0) is 13.0. The second-order valence-corrected chi connectivity index (χ2v) is 5.06. The first-order valence-corrected chi connectivity index (χ1v) is 5.89. The second-order valence-electron chi connectivity index (χ2n) is 5.06. The highest BCUT2D eigenvalue weighted by Gasteiger charge is 2.11. The summed E-state index contributed by atoms with van der Waals surface area (Å²) in [6, 6.07) is 1.79. The van der Waals surface area contributed by atoms with E-state index in [2.05, 4.69) is 46.5 Å². The van der Waals surface area contributed by atoms with E-state index in [1.54, 1.807) is 18.5 Å². The summed E-state index contributed by atoms with van der Waals surface area (Å²) in [5, 5.41) is 18.8. The van der Waals surface area contributed by atoms with Crippen LogP contribution in [0.3, 0.4) is 0 Å². The third kappa shape index (κ3) is 3.59. The quantitative estimate of drug-likeness (QED) is 0.881. The van der Waals surface area contributed by atoms with Gasteiger partial charge in [0.05, 0.1) is 18.0 Å². The van der Waals surface area contributed by atoms with Gasteiger partial charge in [-0.2, -0.15) is 10.2 Å². The van der Waals surface area contributed by atoms with Gasteiger partial charge in [-0.25, -0.2) is 0 Å². The normalized spacial score (nSPS) is 11.7. The van der Waals surface area contributed by atoms with E-state index in [0.717, 1.165) is 12.1 Å². The average molecular weight is 247 g/mol. The van der Waals surface area contributed by atoms with E-state index in [-0.39, 0.29) is 5.54 Å². The summed E-state index contributed by atoms with van der Waals surface area (Å²) in [5.41, 5.74) is 0.880. The summed E-state index contributed by atoms with van der Waals surface area (Å²) in [5.74, 6) is 1.11. The largest absolute Gasteiger partial charge is 0.421 e. The number of rotatable bonds is 4. The molecule has 2 aromatic rings. The van der Waals surface area contributed by atoms with Gasteiger partial charge >= 0.3 is 0 Å². The van der Waals surface area contributed by atoms with Crippen molar-refractivity contribution in [2.75, 3.05) is 6.54 Å². The molecule has 0 aliphatic rings. The Labute approximate surface area is 106 Å². The van der Waals surface area contributed by atoms with Crippen LogP contribution in [0.2, 0.25) is 0 Å². The highest BCUT2D eigenvalue weighted by Crippen LogP contribution is 2.15. The van der Waals surface area contributed by atoms with Crippen LogP contribution in [0.25, 0.3) is 11.5 Å². The van der Waals surface area contributed by atoms with Gasteiger partial charge in [0.15, 0.2) is 0 Å². The minimum absolute atomic E-state index is 0.0951. The molecule has 18 heavy (non-hydrogen) atoms. The fraction of sp³-hybridized carbons (Fsp3) is 0.500. The third-order valence-electron chi connectivity index (χ3n) is 2.29. The maximum Gasteiger partial charge on any atom is 0.249 e. The Hall–Kier alpha value is -1.82. The molecule has 2 rings (SSSR count). The molecule has 0 atom stereocenters. The van der Waals surface area contributed by atoms with Crippen molar-refractivity contribution < 1.29 is 4.42 Å². The average Bonchev–Trinajstić information content (AvgIpc) is 2.77. The second kappa shape index (κ2) is 5.22. The first kappa shape index (κ1) is 12.6. The molecule has 0 unspecified atom stereocenters. The zero-order valence-corrected chi connectivity index (χ0v) is 10.8. The van der Waals surface area contributed by atoms with Crippen LogP contribution in [-0.2, 0) is 6.42 Å². The molecule has 6 heteroatoms. The summed E-state index contributed by atoms with van der Waals surface area (Å²) < 4.78 is 5.55. The maximum atomic E-state index is 5.55. The third-order valence-corrected chi connectivity index (χ3v) is 2.29. The lowest BCUT2D eigenvalue weighted by Crippen LogP contribution is -2.37. The van der Waals surface area contributed by atoms with E-state index in [0.29, 0.717) is 18.2 Å². The van der Waals surface area contributed by atoms with Crippen LogP contribution < -0.4 is 5.32 Å². The van der Waals surface area contributed by atoms with Crippen LogP contribution in [0.1, 0.15) is 26.7 Å². The van der Waals surface area contributed by atoms with Crippen molar-refractivity contribution in [3.63, 3.8) is 0 Å². The predicted octanol–water partition coefficient (Wildman–Crippen LogP) is 1.46. The molecule has 0 saturated heterocycles. The minimum Gasteiger partial charge on any atom is -0.421 e. The fourth-order valence-electron chi connectivity index (χ4n) is 1.43. The van der Waals surface area contributed by atoms with E-state index < -0.39 is 0 Å². The summed E-state index contributed by atoms with van der Waals surface area (Å²) in [6.07, 6.45) is 3.91. The number of aromatic nitrogens is 4. The molecule has 0 aliphatic carbocycles. The monoisotopic (exact) mass is 247 g/mol. The Bertz CT molecular complexity index is 489. The van der Waals surface area contributed by atoms with Crippen molar-refractivity contribution in [2.45, 2.75) is 32.7 Å². The van der Waals surface area contributed by atoms with E-state index in [4.69, 9.17) is 4.42 Å². The molecule has 1 N–H and O–H groups in total. The predicted molar refractivity (Wildman–Crippen MR) is 66.8 cm³/mol. The summed E-state index contributed by atoms with van der Waals surface area (Å²) in [6.45, 7) is 7.17. The molecular weight excluding hydrogens is 230 g/mol. The maximum absolute atomic E-state index is 5.55. The Balaban J connectivity index is 1.95. The van der Waals surface area contributed by atoms with E-state index in [1.807, 2.05) is 0 Å². The van der Waals surface area contributed by atoms with Gasteiger partial charge in [-0.05, 0) is 26.8 Å². The van der Waals surface area contributed by atoms with Crippen LogP contribution in [0.4, 0.5) is 0 Å². The number of hydrogen-bond acceptors (Lipinski definition) is 6. The molecule has 0 amide bonds. The molecule has 0 aromatic carbocycles. The lowest BCUT2D eigenvalue weighted by atomic mass is 10.1. The number of nitrogens with one attached hydrogen (secondary N) is 1. The van der Waals surface area contributed by atoms with E-state index >= 15 is 0 Å². The molecule has 2 heterocycles. The van der Waals surface area contributed by atoms with Crippen molar-refractivity contribution in [1.82, 2.24) is 25.7 Å². The smallest absolute Gasteiger partial charge is 0.249 e. The molecule has 96 valence electrons. The van der Waals surface area contributed by atoms with E-state index in [1.165, 1.54) is 0 Å². The van der Waals surface area contributed by atoms with Gasteiger partial charge in [0, 0.05) is 18.5 Å². The number of nitrogens with zero attached hydrogens (tertiary/aromatic N) is 4. The summed E-state index contributed by atoms with van der Waals surface area (Å²) >= 11 is 0. The van der Waals surface area contributed by atoms with Crippen LogP contribution >= 0.6 is 0 Å². The van der Waals surface area contributed by atoms with Gasteiger partial charge in [-0.15, -0.1) is 10.2 Å². The fourth-order valence-corrected chi connectivity index (χ4v) is 1.43. The topological polar surface area (TPSA) is 76.7 Å². The standard InChI is InChI=1S/C12H17N5O/c1-12(2,3)13-6-5-10-16-17-11(18-10)9-4-7-14-15-8-9/h4,7-8,13H,5-6H2,1-3H3. The molecule has 2 aromatic heterocycles. The first-order valence-electron chi connectivity index (χ1n) is 5.89. The van der Waals surface area contributed by atoms with Crippen LogP contribution in [0.5, 0.6) is 0 Å². The van der Waals surface area contributed by atoms with Crippen LogP contribution in [0.15, 0.2) is 22.9 Å². The Morgan fingerprint density at radius 2 is 2.06 bits per heavy atom. The zero-order valence-electron chi connectivity index (χ0n) is 10.8. The first-order chi connectivity index (χ1) is 8.54. The molecule has 6 nitrogen and oxygen atoms in total. The van der Waals surface area contributed by atoms with Crippen molar-refractivity contribution in [3.05, 3.63) is 24.4 Å². The molecule has 0 fully saturated rings. The molecule has 0 radical (unpaired) electrons. The van der Waals surface area contributed by atoms with Crippen molar-refractivity contribution in [1.29, 1.82) is 0 Å². The van der Waals surface area contributed by atoms with Gasteiger partial charge < -0.3 is 9.73 Å². The van der Waals surface area contributed by atoms with Crippen molar-refractivity contribution in [3.8, 4) is 11.5 Å². The van der Waals surface area contributed by atoms with Gasteiger partial charge in [-0.3, -0.25) is 0 Å². The van der Waals surface area contributed by atoms with Gasteiger partial charge in [0.25, 0.3) is 0 Å². The highest BCUT2D eigenvalue weighted by molar-refractivity contribution is 5.49.